The Morgan fingerprint density at radius 1 is 1.25 bits per heavy atom. The van der Waals surface area contributed by atoms with Crippen molar-refractivity contribution >= 4 is 50.2 Å². The van der Waals surface area contributed by atoms with E-state index < -0.39 is 5.97 Å². The summed E-state index contributed by atoms with van der Waals surface area (Å²) in [6.07, 6.45) is 0.828. The van der Waals surface area contributed by atoms with Gasteiger partial charge >= 0.3 is 5.97 Å². The molecule has 28 heavy (non-hydrogen) atoms. The molecule has 5 nitrogen and oxygen atoms in total. The summed E-state index contributed by atoms with van der Waals surface area (Å²) in [5.41, 5.74) is 5.09. The third-order valence-corrected chi connectivity index (χ3v) is 6.46. The largest absolute Gasteiger partial charge is 0.465 e. The van der Waals surface area contributed by atoms with E-state index in [1.165, 1.54) is 18.4 Å². The third-order valence-electron chi connectivity index (χ3n) is 4.82. The number of hydrogen-bond acceptors (Lipinski definition) is 5. The zero-order valence-electron chi connectivity index (χ0n) is 16.2. The van der Waals surface area contributed by atoms with Gasteiger partial charge in [-0.05, 0) is 37.1 Å². The van der Waals surface area contributed by atoms with Gasteiger partial charge in [-0.25, -0.2) is 14.8 Å². The van der Waals surface area contributed by atoms with Gasteiger partial charge in [0.2, 0.25) is 0 Å². The van der Waals surface area contributed by atoms with E-state index in [0.717, 1.165) is 50.3 Å². The molecule has 0 N–H and O–H groups in total. The number of benzene rings is 1. The number of carbonyl (C=O) groups excluding carboxylic acids is 1. The molecule has 4 aromatic rings. The van der Waals surface area contributed by atoms with Crippen molar-refractivity contribution < 1.29 is 9.53 Å². The first kappa shape index (κ1) is 18.9. The summed E-state index contributed by atoms with van der Waals surface area (Å²) >= 11 is 7.73. The van der Waals surface area contributed by atoms with Crippen molar-refractivity contribution in [1.29, 1.82) is 0 Å². The molecule has 0 saturated carbocycles. The summed E-state index contributed by atoms with van der Waals surface area (Å²) in [5.74, 6) is 0.604. The Labute approximate surface area is 171 Å². The van der Waals surface area contributed by atoms with E-state index in [0.29, 0.717) is 16.4 Å². The second-order valence-electron chi connectivity index (χ2n) is 6.79. The SMILES string of the molecule is CCc1nc2c(C)cc(C)nc2n1Cc1ccc2c(Cl)c(C(=O)OC)sc2c1. The van der Waals surface area contributed by atoms with Crippen LogP contribution >= 0.6 is 22.9 Å². The van der Waals surface area contributed by atoms with E-state index in [1.807, 2.05) is 19.1 Å². The molecule has 3 heterocycles. The summed E-state index contributed by atoms with van der Waals surface area (Å²) in [6.45, 7) is 6.84. The van der Waals surface area contributed by atoms with Crippen LogP contribution in [0.2, 0.25) is 5.02 Å². The van der Waals surface area contributed by atoms with Gasteiger partial charge in [-0.15, -0.1) is 11.3 Å². The number of imidazole rings is 1. The van der Waals surface area contributed by atoms with Gasteiger partial charge in [-0.2, -0.15) is 0 Å². The third kappa shape index (κ3) is 3.06. The predicted octanol–water partition coefficient (Wildman–Crippen LogP) is 5.31. The lowest BCUT2D eigenvalue weighted by atomic mass is 10.1. The minimum atomic E-state index is -0.406. The number of aryl methyl sites for hydroxylation is 3. The number of nitrogens with zero attached hydrogens (tertiary/aromatic N) is 3. The van der Waals surface area contributed by atoms with Crippen LogP contribution in [0.25, 0.3) is 21.3 Å². The van der Waals surface area contributed by atoms with Crippen molar-refractivity contribution in [1.82, 2.24) is 14.5 Å². The number of methoxy groups -OCH3 is 1. The molecule has 0 unspecified atom stereocenters. The maximum absolute atomic E-state index is 11.9. The minimum absolute atomic E-state index is 0.406. The molecule has 144 valence electrons. The van der Waals surface area contributed by atoms with Crippen LogP contribution in [0.4, 0.5) is 0 Å². The zero-order chi connectivity index (χ0) is 20.0. The summed E-state index contributed by atoms with van der Waals surface area (Å²) in [4.78, 5) is 21.9. The average Bonchev–Trinajstić information content (AvgIpc) is 3.19. The van der Waals surface area contributed by atoms with Gasteiger partial charge in [0.05, 0.1) is 18.7 Å². The van der Waals surface area contributed by atoms with E-state index in [-0.39, 0.29) is 0 Å². The Morgan fingerprint density at radius 2 is 2.04 bits per heavy atom. The highest BCUT2D eigenvalue weighted by Gasteiger charge is 2.19. The molecule has 0 amide bonds. The van der Waals surface area contributed by atoms with Crippen molar-refractivity contribution in [2.24, 2.45) is 0 Å². The van der Waals surface area contributed by atoms with Gasteiger partial charge < -0.3 is 9.30 Å². The molecule has 3 aromatic heterocycles. The summed E-state index contributed by atoms with van der Waals surface area (Å²) in [6, 6.07) is 8.14. The first-order valence-corrected chi connectivity index (χ1v) is 10.2. The van der Waals surface area contributed by atoms with E-state index in [2.05, 4.69) is 30.5 Å². The Kier molecular flexibility index (Phi) is 4.85. The molecular formula is C21H20ClN3O2S. The smallest absolute Gasteiger partial charge is 0.349 e. The van der Waals surface area contributed by atoms with Crippen molar-refractivity contribution in [2.45, 2.75) is 33.7 Å². The first-order chi connectivity index (χ1) is 13.4. The number of aromatic nitrogens is 3. The van der Waals surface area contributed by atoms with Gasteiger partial charge in [0.15, 0.2) is 5.65 Å². The lowest BCUT2D eigenvalue weighted by Crippen LogP contribution is -2.05. The highest BCUT2D eigenvalue weighted by molar-refractivity contribution is 7.21. The van der Waals surface area contributed by atoms with Gasteiger partial charge in [0, 0.05) is 22.2 Å². The highest BCUT2D eigenvalue weighted by Crippen LogP contribution is 2.36. The molecule has 1 aromatic carbocycles. The van der Waals surface area contributed by atoms with Crippen LogP contribution in [0.5, 0.6) is 0 Å². The van der Waals surface area contributed by atoms with E-state index in [1.54, 1.807) is 0 Å². The van der Waals surface area contributed by atoms with E-state index >= 15 is 0 Å². The Hall–Kier alpha value is -2.44. The second-order valence-corrected chi connectivity index (χ2v) is 8.22. The molecule has 7 heteroatoms. The fraction of sp³-hybridized carbons (Fsp3) is 0.286. The Balaban J connectivity index is 1.81. The van der Waals surface area contributed by atoms with Crippen LogP contribution in [-0.4, -0.2) is 27.6 Å². The van der Waals surface area contributed by atoms with Crippen molar-refractivity contribution in [2.75, 3.05) is 7.11 Å². The van der Waals surface area contributed by atoms with Crippen molar-refractivity contribution in [3.63, 3.8) is 0 Å². The minimum Gasteiger partial charge on any atom is -0.465 e. The number of pyridine rings is 1. The van der Waals surface area contributed by atoms with Gasteiger partial charge in [0.1, 0.15) is 16.2 Å². The fourth-order valence-electron chi connectivity index (χ4n) is 3.50. The van der Waals surface area contributed by atoms with Crippen molar-refractivity contribution in [3.8, 4) is 0 Å². The molecule has 0 spiro atoms. The molecule has 0 radical (unpaired) electrons. The fourth-order valence-corrected chi connectivity index (χ4v) is 4.99. The number of fused-ring (bicyclic) bond motifs is 2. The molecule has 0 saturated heterocycles. The summed E-state index contributed by atoms with van der Waals surface area (Å²) < 4.78 is 7.97. The number of ether oxygens (including phenoxy) is 1. The van der Waals surface area contributed by atoms with E-state index in [9.17, 15) is 4.79 Å². The molecule has 0 aliphatic carbocycles. The topological polar surface area (TPSA) is 57.0 Å². The number of thiophene rings is 1. The molecule has 0 atom stereocenters. The number of rotatable bonds is 4. The Morgan fingerprint density at radius 3 is 2.75 bits per heavy atom. The van der Waals surface area contributed by atoms with E-state index in [4.69, 9.17) is 26.3 Å². The monoisotopic (exact) mass is 413 g/mol. The molecule has 0 aliphatic heterocycles. The van der Waals surface area contributed by atoms with Gasteiger partial charge in [-0.3, -0.25) is 0 Å². The lowest BCUT2D eigenvalue weighted by molar-refractivity contribution is 0.0606. The Bertz CT molecular complexity index is 1230. The first-order valence-electron chi connectivity index (χ1n) is 9.05. The molecule has 0 aliphatic rings. The zero-order valence-corrected chi connectivity index (χ0v) is 17.7. The maximum atomic E-state index is 11.9. The number of esters is 1. The van der Waals surface area contributed by atoms with Gasteiger partial charge in [-0.1, -0.05) is 30.7 Å². The molecular weight excluding hydrogens is 394 g/mol. The van der Waals surface area contributed by atoms with Crippen LogP contribution in [0.3, 0.4) is 0 Å². The highest BCUT2D eigenvalue weighted by atomic mass is 35.5. The lowest BCUT2D eigenvalue weighted by Gasteiger charge is -2.09. The molecule has 0 bridgehead atoms. The second kappa shape index (κ2) is 7.18. The summed E-state index contributed by atoms with van der Waals surface area (Å²) in [7, 11) is 1.36. The molecule has 0 fully saturated rings. The number of carbonyl (C=O) groups is 1. The van der Waals surface area contributed by atoms with Crippen molar-refractivity contribution in [3.05, 3.63) is 56.8 Å². The average molecular weight is 414 g/mol. The van der Waals surface area contributed by atoms with Crippen LogP contribution in [0.1, 0.15) is 39.2 Å². The standard InChI is InChI=1S/C21H20ClN3O2S/c1-5-16-24-18-11(2)8-12(3)23-20(18)25(16)10-13-6-7-14-15(9-13)28-19(17(14)22)21(26)27-4/h6-9H,5,10H2,1-4H3. The van der Waals surface area contributed by atoms with Gasteiger partial charge in [0.25, 0.3) is 0 Å². The molecule has 4 rings (SSSR count). The van der Waals surface area contributed by atoms with Crippen LogP contribution < -0.4 is 0 Å². The normalized spacial score (nSPS) is 11.5. The summed E-state index contributed by atoms with van der Waals surface area (Å²) in [5, 5.41) is 1.32. The maximum Gasteiger partial charge on any atom is 0.349 e. The number of halogens is 1. The van der Waals surface area contributed by atoms with Crippen LogP contribution in [0, 0.1) is 13.8 Å². The quantitative estimate of drug-likeness (QED) is 0.425. The van der Waals surface area contributed by atoms with Crippen LogP contribution in [0.15, 0.2) is 24.3 Å². The predicted molar refractivity (Wildman–Crippen MR) is 114 cm³/mol. The number of hydrogen-bond donors (Lipinski definition) is 0. The van der Waals surface area contributed by atoms with Crippen LogP contribution in [-0.2, 0) is 17.7 Å².